The van der Waals surface area contributed by atoms with Crippen LogP contribution in [0.5, 0.6) is 5.75 Å². The molecule has 152 valence electrons. The summed E-state index contributed by atoms with van der Waals surface area (Å²) in [5.41, 5.74) is 0.211. The first-order chi connectivity index (χ1) is 13.4. The van der Waals surface area contributed by atoms with E-state index in [1.165, 1.54) is 56.7 Å². The molecule has 4 aliphatic carbocycles. The fraction of sp³-hybridized carbons (Fsp3) is 0.636. The standard InChI is InChI=1S/C22H28FNO4/c1-14(22-9-15-6-16(10-22)8-17(7-15)11-22)24-20(25)12-28-21(26)13-27-19-5-3-2-4-18(19)23/h2-5,14-17H,6-13H2,1H3,(H,24,25)/t14-,15?,16?,17?,22?/m0/s1. The number of halogens is 1. The highest BCUT2D eigenvalue weighted by molar-refractivity contribution is 5.81. The molecule has 0 spiro atoms. The molecule has 1 N–H and O–H groups in total. The fourth-order valence-electron chi connectivity index (χ4n) is 6.03. The number of ether oxygens (including phenoxy) is 2. The quantitative estimate of drug-likeness (QED) is 0.726. The summed E-state index contributed by atoms with van der Waals surface area (Å²) in [7, 11) is 0. The van der Waals surface area contributed by atoms with Gasteiger partial charge in [-0.25, -0.2) is 9.18 Å². The van der Waals surface area contributed by atoms with Crippen LogP contribution in [0.3, 0.4) is 0 Å². The number of carbonyl (C=O) groups is 2. The Morgan fingerprint density at radius 1 is 1.11 bits per heavy atom. The molecule has 0 aliphatic heterocycles. The lowest BCUT2D eigenvalue weighted by atomic mass is 9.48. The molecule has 0 aromatic heterocycles. The zero-order valence-electron chi connectivity index (χ0n) is 16.3. The van der Waals surface area contributed by atoms with Crippen molar-refractivity contribution < 1.29 is 23.5 Å². The van der Waals surface area contributed by atoms with Gasteiger partial charge in [-0.3, -0.25) is 4.79 Å². The van der Waals surface area contributed by atoms with E-state index < -0.39 is 18.4 Å². The molecule has 4 bridgehead atoms. The molecule has 0 saturated heterocycles. The van der Waals surface area contributed by atoms with Crippen LogP contribution in [0.2, 0.25) is 0 Å². The zero-order valence-corrected chi connectivity index (χ0v) is 16.3. The summed E-state index contributed by atoms with van der Waals surface area (Å²) in [5.74, 6) is 0.914. The highest BCUT2D eigenvalue weighted by atomic mass is 19.1. The van der Waals surface area contributed by atoms with Gasteiger partial charge in [-0.15, -0.1) is 0 Å². The molecule has 1 aromatic carbocycles. The van der Waals surface area contributed by atoms with Gasteiger partial charge >= 0.3 is 5.97 Å². The van der Waals surface area contributed by atoms with Crippen LogP contribution in [0, 0.1) is 29.0 Å². The van der Waals surface area contributed by atoms with E-state index in [0.29, 0.717) is 0 Å². The van der Waals surface area contributed by atoms with Gasteiger partial charge in [0.2, 0.25) is 0 Å². The Hall–Kier alpha value is -2.11. The summed E-state index contributed by atoms with van der Waals surface area (Å²) < 4.78 is 23.5. The van der Waals surface area contributed by atoms with Crippen LogP contribution in [0.1, 0.15) is 45.4 Å². The van der Waals surface area contributed by atoms with E-state index in [0.717, 1.165) is 17.8 Å². The number of rotatable bonds is 7. The third-order valence-corrected chi connectivity index (χ3v) is 6.93. The molecule has 1 atom stereocenters. The lowest BCUT2D eigenvalue weighted by Crippen LogP contribution is -2.56. The molecule has 1 aromatic rings. The summed E-state index contributed by atoms with van der Waals surface area (Å²) in [4.78, 5) is 24.1. The summed E-state index contributed by atoms with van der Waals surface area (Å²) >= 11 is 0. The van der Waals surface area contributed by atoms with Crippen LogP contribution in [0.15, 0.2) is 24.3 Å². The van der Waals surface area contributed by atoms with E-state index >= 15 is 0 Å². The monoisotopic (exact) mass is 389 g/mol. The molecule has 1 amide bonds. The Bertz CT molecular complexity index is 715. The van der Waals surface area contributed by atoms with E-state index in [1.54, 1.807) is 6.07 Å². The van der Waals surface area contributed by atoms with Gasteiger partial charge in [0.25, 0.3) is 5.91 Å². The SMILES string of the molecule is C[C@H](NC(=O)COC(=O)COc1ccccc1F)C12CC3CC(CC(C3)C1)C2. The smallest absolute Gasteiger partial charge is 0.344 e. The van der Waals surface area contributed by atoms with Crippen LogP contribution in [0.4, 0.5) is 4.39 Å². The van der Waals surface area contributed by atoms with Crippen molar-refractivity contribution in [2.24, 2.45) is 23.2 Å². The second-order valence-electron chi connectivity index (χ2n) is 8.95. The maximum atomic E-state index is 13.5. The van der Waals surface area contributed by atoms with Crippen molar-refractivity contribution in [3.05, 3.63) is 30.1 Å². The first-order valence-corrected chi connectivity index (χ1v) is 10.3. The number of para-hydroxylation sites is 1. The number of benzene rings is 1. The molecule has 4 fully saturated rings. The lowest BCUT2D eigenvalue weighted by Gasteiger charge is -2.59. The maximum absolute atomic E-state index is 13.5. The van der Waals surface area contributed by atoms with Gasteiger partial charge in [0, 0.05) is 6.04 Å². The first-order valence-electron chi connectivity index (χ1n) is 10.3. The second-order valence-corrected chi connectivity index (χ2v) is 8.95. The molecule has 4 aliphatic rings. The van der Waals surface area contributed by atoms with Gasteiger partial charge in [0.05, 0.1) is 0 Å². The summed E-state index contributed by atoms with van der Waals surface area (Å²) in [6, 6.07) is 5.92. The van der Waals surface area contributed by atoms with Crippen LogP contribution in [-0.2, 0) is 14.3 Å². The topological polar surface area (TPSA) is 64.6 Å². The van der Waals surface area contributed by atoms with Crippen molar-refractivity contribution in [2.75, 3.05) is 13.2 Å². The van der Waals surface area contributed by atoms with E-state index in [4.69, 9.17) is 9.47 Å². The summed E-state index contributed by atoms with van der Waals surface area (Å²) in [5, 5.41) is 3.06. The molecule has 0 heterocycles. The van der Waals surface area contributed by atoms with E-state index in [2.05, 4.69) is 12.2 Å². The van der Waals surface area contributed by atoms with Crippen molar-refractivity contribution in [2.45, 2.75) is 51.5 Å². The van der Waals surface area contributed by atoms with E-state index in [-0.39, 0.29) is 29.7 Å². The van der Waals surface area contributed by atoms with Crippen molar-refractivity contribution in [3.8, 4) is 5.75 Å². The number of esters is 1. The van der Waals surface area contributed by atoms with Crippen molar-refractivity contribution >= 4 is 11.9 Å². The summed E-state index contributed by atoms with van der Waals surface area (Å²) in [6.07, 6.45) is 7.70. The largest absolute Gasteiger partial charge is 0.479 e. The van der Waals surface area contributed by atoms with Gasteiger partial charge in [-0.1, -0.05) is 12.1 Å². The fourth-order valence-corrected chi connectivity index (χ4v) is 6.03. The molecule has 6 heteroatoms. The minimum atomic E-state index is -0.694. The van der Waals surface area contributed by atoms with Gasteiger partial charge in [0.15, 0.2) is 24.8 Å². The molecule has 28 heavy (non-hydrogen) atoms. The number of hydrogen-bond donors (Lipinski definition) is 1. The number of amides is 1. The zero-order chi connectivity index (χ0) is 19.7. The van der Waals surface area contributed by atoms with Gasteiger partial charge in [-0.05, 0) is 80.8 Å². The van der Waals surface area contributed by atoms with Gasteiger partial charge < -0.3 is 14.8 Å². The first kappa shape index (κ1) is 19.2. The minimum Gasteiger partial charge on any atom is -0.479 e. The highest BCUT2D eigenvalue weighted by Crippen LogP contribution is 2.61. The van der Waals surface area contributed by atoms with Crippen LogP contribution < -0.4 is 10.1 Å². The third kappa shape index (κ3) is 4.01. The van der Waals surface area contributed by atoms with E-state index in [9.17, 15) is 14.0 Å². The predicted octanol–water partition coefficient (Wildman–Crippen LogP) is 3.47. The second kappa shape index (κ2) is 7.72. The van der Waals surface area contributed by atoms with Crippen LogP contribution in [-0.4, -0.2) is 31.1 Å². The predicted molar refractivity (Wildman–Crippen MR) is 101 cm³/mol. The Morgan fingerprint density at radius 2 is 1.71 bits per heavy atom. The Labute approximate surface area is 165 Å². The Balaban J connectivity index is 1.22. The normalized spacial score (nSPS) is 31.3. The molecular formula is C22H28FNO4. The number of hydrogen-bond acceptors (Lipinski definition) is 4. The highest BCUT2D eigenvalue weighted by Gasteiger charge is 2.53. The average molecular weight is 389 g/mol. The van der Waals surface area contributed by atoms with Crippen LogP contribution >= 0.6 is 0 Å². The third-order valence-electron chi connectivity index (χ3n) is 6.93. The van der Waals surface area contributed by atoms with Crippen molar-refractivity contribution in [3.63, 3.8) is 0 Å². The molecular weight excluding hydrogens is 361 g/mol. The molecule has 4 saturated carbocycles. The lowest BCUT2D eigenvalue weighted by molar-refractivity contribution is -0.151. The summed E-state index contributed by atoms with van der Waals surface area (Å²) in [6.45, 7) is 1.32. The van der Waals surface area contributed by atoms with Gasteiger partial charge in [-0.2, -0.15) is 0 Å². The number of nitrogens with one attached hydrogen (secondary N) is 1. The average Bonchev–Trinajstić information content (AvgIpc) is 2.64. The van der Waals surface area contributed by atoms with Gasteiger partial charge in [0.1, 0.15) is 0 Å². The molecule has 0 radical (unpaired) electrons. The maximum Gasteiger partial charge on any atom is 0.344 e. The minimum absolute atomic E-state index is 0.0145. The molecule has 0 unspecified atom stereocenters. The number of carbonyl (C=O) groups excluding carboxylic acids is 2. The molecule has 5 nitrogen and oxygen atoms in total. The Kier molecular flexibility index (Phi) is 5.30. The van der Waals surface area contributed by atoms with Crippen molar-refractivity contribution in [1.29, 1.82) is 0 Å². The van der Waals surface area contributed by atoms with Crippen LogP contribution in [0.25, 0.3) is 0 Å². The molecule has 5 rings (SSSR count). The van der Waals surface area contributed by atoms with E-state index in [1.807, 2.05) is 0 Å². The van der Waals surface area contributed by atoms with Crippen molar-refractivity contribution in [1.82, 2.24) is 5.32 Å². The Morgan fingerprint density at radius 3 is 2.32 bits per heavy atom.